The van der Waals surface area contributed by atoms with Gasteiger partial charge >= 0.3 is 5.76 Å². The van der Waals surface area contributed by atoms with Crippen LogP contribution in [0.3, 0.4) is 0 Å². The number of nitro benzene ring substituents is 1. The van der Waals surface area contributed by atoms with E-state index in [0.29, 0.717) is 5.56 Å². The van der Waals surface area contributed by atoms with Crippen molar-refractivity contribution in [2.45, 2.75) is 12.6 Å². The van der Waals surface area contributed by atoms with Crippen molar-refractivity contribution in [2.75, 3.05) is 6.61 Å². The highest BCUT2D eigenvalue weighted by atomic mass is 19.1. The summed E-state index contributed by atoms with van der Waals surface area (Å²) in [6.07, 6.45) is -1.12. The molecule has 1 atom stereocenters. The van der Waals surface area contributed by atoms with Crippen LogP contribution in [0.1, 0.15) is 0 Å². The van der Waals surface area contributed by atoms with Gasteiger partial charge in [0, 0.05) is 11.6 Å². The fraction of sp³-hybridized carbons (Fsp3) is 0.176. The molecule has 2 aromatic carbocycles. The Morgan fingerprint density at radius 3 is 2.74 bits per heavy atom. The van der Waals surface area contributed by atoms with Crippen LogP contribution in [0, 0.1) is 15.9 Å². The van der Waals surface area contributed by atoms with Gasteiger partial charge in [0.2, 0.25) is 5.89 Å². The van der Waals surface area contributed by atoms with Crippen molar-refractivity contribution < 1.29 is 23.6 Å². The smallest absolute Gasteiger partial charge is 0.437 e. The predicted octanol–water partition coefficient (Wildman–Crippen LogP) is 1.99. The van der Waals surface area contributed by atoms with E-state index in [2.05, 4.69) is 5.10 Å². The number of benzene rings is 2. The van der Waals surface area contributed by atoms with Gasteiger partial charge in [0.1, 0.15) is 24.3 Å². The lowest BCUT2D eigenvalue weighted by Gasteiger charge is -2.11. The molecule has 0 saturated heterocycles. The van der Waals surface area contributed by atoms with Crippen LogP contribution in [0.4, 0.5) is 10.1 Å². The van der Waals surface area contributed by atoms with Crippen molar-refractivity contribution in [3.63, 3.8) is 0 Å². The minimum atomic E-state index is -1.12. The number of aliphatic hydroxyl groups excluding tert-OH is 1. The molecule has 27 heavy (non-hydrogen) atoms. The Balaban J connectivity index is 1.63. The number of aromatic nitrogens is 2. The predicted molar refractivity (Wildman–Crippen MR) is 90.8 cm³/mol. The van der Waals surface area contributed by atoms with Crippen molar-refractivity contribution in [1.29, 1.82) is 0 Å². The van der Waals surface area contributed by atoms with Crippen molar-refractivity contribution in [1.82, 2.24) is 9.78 Å². The van der Waals surface area contributed by atoms with Gasteiger partial charge in [0.05, 0.1) is 17.5 Å². The molecule has 1 heterocycles. The van der Waals surface area contributed by atoms with E-state index in [-0.39, 0.29) is 30.5 Å². The van der Waals surface area contributed by atoms with Crippen LogP contribution in [0.5, 0.6) is 5.75 Å². The standard InChI is InChI=1S/C17H14FN3O6/c18-12-6-4-11(5-7-12)16-19-20(17(23)27-16)9-14(22)10-26-15-3-1-2-13(8-15)21(24)25/h1-8,14,22H,9-10H2. The molecule has 3 rings (SSSR count). The fourth-order valence-corrected chi connectivity index (χ4v) is 2.26. The number of aliphatic hydroxyl groups is 1. The summed E-state index contributed by atoms with van der Waals surface area (Å²) in [7, 11) is 0. The van der Waals surface area contributed by atoms with Crippen LogP contribution in [-0.2, 0) is 6.54 Å². The van der Waals surface area contributed by atoms with E-state index in [9.17, 15) is 24.4 Å². The summed E-state index contributed by atoms with van der Waals surface area (Å²) in [6.45, 7) is -0.426. The third kappa shape index (κ3) is 4.55. The lowest BCUT2D eigenvalue weighted by molar-refractivity contribution is -0.384. The normalized spacial score (nSPS) is 11.9. The van der Waals surface area contributed by atoms with Gasteiger partial charge in [-0.2, -0.15) is 4.68 Å². The maximum Gasteiger partial charge on any atom is 0.437 e. The van der Waals surface area contributed by atoms with Gasteiger partial charge in [0.15, 0.2) is 0 Å². The van der Waals surface area contributed by atoms with Gasteiger partial charge in [-0.1, -0.05) is 6.07 Å². The zero-order valence-electron chi connectivity index (χ0n) is 13.8. The molecule has 1 N–H and O–H groups in total. The molecule has 0 fully saturated rings. The Labute approximate surface area is 151 Å². The van der Waals surface area contributed by atoms with Crippen molar-refractivity contribution in [3.8, 4) is 17.2 Å². The van der Waals surface area contributed by atoms with Gasteiger partial charge in [0.25, 0.3) is 5.69 Å². The lowest BCUT2D eigenvalue weighted by atomic mass is 10.2. The van der Waals surface area contributed by atoms with Gasteiger partial charge in [-0.05, 0) is 30.3 Å². The number of halogens is 1. The van der Waals surface area contributed by atoms with Gasteiger partial charge in [-0.3, -0.25) is 10.1 Å². The van der Waals surface area contributed by atoms with Crippen LogP contribution in [0.2, 0.25) is 0 Å². The van der Waals surface area contributed by atoms with Crippen LogP contribution < -0.4 is 10.5 Å². The quantitative estimate of drug-likeness (QED) is 0.495. The highest BCUT2D eigenvalue weighted by molar-refractivity contribution is 5.51. The summed E-state index contributed by atoms with van der Waals surface area (Å²) >= 11 is 0. The molecule has 0 aliphatic rings. The van der Waals surface area contributed by atoms with E-state index in [1.807, 2.05) is 0 Å². The first-order chi connectivity index (χ1) is 12.9. The minimum Gasteiger partial charge on any atom is -0.491 e. The monoisotopic (exact) mass is 375 g/mol. The van der Waals surface area contributed by atoms with Crippen molar-refractivity contribution in [3.05, 3.63) is 75.0 Å². The summed E-state index contributed by atoms with van der Waals surface area (Å²) in [4.78, 5) is 22.0. The number of rotatable bonds is 7. The summed E-state index contributed by atoms with van der Waals surface area (Å²) in [5, 5.41) is 24.7. The molecule has 0 saturated carbocycles. The van der Waals surface area contributed by atoms with Gasteiger partial charge in [-0.25, -0.2) is 9.18 Å². The number of ether oxygens (including phenoxy) is 1. The Hall–Kier alpha value is -3.53. The molecule has 1 unspecified atom stereocenters. The molecule has 9 nitrogen and oxygen atoms in total. The third-order valence-electron chi connectivity index (χ3n) is 3.55. The van der Waals surface area contributed by atoms with Crippen LogP contribution in [0.15, 0.2) is 57.7 Å². The van der Waals surface area contributed by atoms with E-state index in [0.717, 1.165) is 4.68 Å². The Morgan fingerprint density at radius 2 is 2.04 bits per heavy atom. The minimum absolute atomic E-state index is 0.00759. The Bertz CT molecular complexity index is 998. The summed E-state index contributed by atoms with van der Waals surface area (Å²) < 4.78 is 24.2. The molecule has 140 valence electrons. The van der Waals surface area contributed by atoms with Gasteiger partial charge in [-0.15, -0.1) is 5.10 Å². The second-order valence-corrected chi connectivity index (χ2v) is 5.58. The molecule has 1 aromatic heterocycles. The van der Waals surface area contributed by atoms with Crippen LogP contribution in [-0.4, -0.2) is 32.5 Å². The highest BCUT2D eigenvalue weighted by Gasteiger charge is 2.15. The number of non-ortho nitro benzene ring substituents is 1. The molecule has 10 heteroatoms. The highest BCUT2D eigenvalue weighted by Crippen LogP contribution is 2.19. The number of nitrogens with zero attached hydrogens (tertiary/aromatic N) is 3. The molecule has 0 aliphatic carbocycles. The van der Waals surface area contributed by atoms with E-state index in [1.54, 1.807) is 0 Å². The maximum atomic E-state index is 13.0. The second kappa shape index (κ2) is 7.79. The number of hydrogen-bond donors (Lipinski definition) is 1. The topological polar surface area (TPSA) is 121 Å². The zero-order valence-corrected chi connectivity index (χ0v) is 13.8. The number of hydrogen-bond acceptors (Lipinski definition) is 7. The molecule has 0 radical (unpaired) electrons. The maximum absolute atomic E-state index is 13.0. The van der Waals surface area contributed by atoms with Crippen LogP contribution >= 0.6 is 0 Å². The first-order valence-electron chi connectivity index (χ1n) is 7.81. The molecule has 0 amide bonds. The largest absolute Gasteiger partial charge is 0.491 e. The van der Waals surface area contributed by atoms with E-state index in [4.69, 9.17) is 9.15 Å². The lowest BCUT2D eigenvalue weighted by Crippen LogP contribution is -2.29. The van der Waals surface area contributed by atoms with Crippen molar-refractivity contribution in [2.24, 2.45) is 0 Å². The summed E-state index contributed by atoms with van der Waals surface area (Å²) in [6, 6.07) is 10.7. The summed E-state index contributed by atoms with van der Waals surface area (Å²) in [5.74, 6) is -1.02. The molecule has 3 aromatic rings. The zero-order chi connectivity index (χ0) is 19.4. The van der Waals surface area contributed by atoms with E-state index >= 15 is 0 Å². The molecule has 0 bridgehead atoms. The molecule has 0 aliphatic heterocycles. The molecular formula is C17H14FN3O6. The summed E-state index contributed by atoms with van der Waals surface area (Å²) in [5.41, 5.74) is 0.272. The average molecular weight is 375 g/mol. The molecule has 0 spiro atoms. The Morgan fingerprint density at radius 1 is 1.30 bits per heavy atom. The average Bonchev–Trinajstić information content (AvgIpc) is 3.01. The first kappa shape index (κ1) is 18.3. The molecular weight excluding hydrogens is 361 g/mol. The SMILES string of the molecule is O=c1oc(-c2ccc(F)cc2)nn1CC(O)COc1cccc([N+](=O)[O-])c1. The van der Waals surface area contributed by atoms with Crippen LogP contribution in [0.25, 0.3) is 11.5 Å². The van der Waals surface area contributed by atoms with E-state index < -0.39 is 22.6 Å². The van der Waals surface area contributed by atoms with Crippen molar-refractivity contribution >= 4 is 5.69 Å². The third-order valence-corrected chi connectivity index (χ3v) is 3.55. The fourth-order valence-electron chi connectivity index (χ4n) is 2.26. The van der Waals surface area contributed by atoms with E-state index in [1.165, 1.54) is 48.5 Å². The Kier molecular flexibility index (Phi) is 5.27. The number of nitro groups is 1. The second-order valence-electron chi connectivity index (χ2n) is 5.58. The van der Waals surface area contributed by atoms with Gasteiger partial charge < -0.3 is 14.3 Å². The first-order valence-corrected chi connectivity index (χ1v) is 7.81.